The van der Waals surface area contributed by atoms with Gasteiger partial charge in [-0.3, -0.25) is 4.79 Å². The molecule has 0 bridgehead atoms. The zero-order valence-corrected chi connectivity index (χ0v) is 12.5. The zero-order chi connectivity index (χ0) is 12.6. The van der Waals surface area contributed by atoms with E-state index < -0.39 is 8.07 Å². The molecule has 0 aliphatic carbocycles. The number of fused-ring (bicyclic) bond motifs is 1. The molecular formula is C14H23NOSi. The van der Waals surface area contributed by atoms with Gasteiger partial charge in [-0.05, 0) is 30.9 Å². The van der Waals surface area contributed by atoms with E-state index in [1.165, 1.54) is 16.4 Å². The maximum atomic E-state index is 12.6. The molecule has 0 saturated heterocycles. The van der Waals surface area contributed by atoms with E-state index in [2.05, 4.69) is 32.6 Å². The summed E-state index contributed by atoms with van der Waals surface area (Å²) in [6.07, 6.45) is 4.40. The molecule has 0 spiro atoms. The quantitative estimate of drug-likeness (QED) is 0.753. The summed E-state index contributed by atoms with van der Waals surface area (Å²) in [4.78, 5) is 12.6. The Bertz CT molecular complexity index is 482. The first kappa shape index (κ1) is 12.6. The predicted octanol–water partition coefficient (Wildman–Crippen LogP) is 2.29. The van der Waals surface area contributed by atoms with Crippen molar-refractivity contribution in [2.45, 2.75) is 58.8 Å². The molecule has 0 aromatic carbocycles. The number of aromatic nitrogens is 1. The molecule has 2 heterocycles. The smallest absolute Gasteiger partial charge is 0.250 e. The summed E-state index contributed by atoms with van der Waals surface area (Å²) in [6, 6.07) is 2.31. The summed E-state index contributed by atoms with van der Waals surface area (Å²) >= 11 is 0. The summed E-state index contributed by atoms with van der Waals surface area (Å²) in [5.41, 5.74) is 2.92. The van der Waals surface area contributed by atoms with E-state index in [0.717, 1.165) is 32.2 Å². The molecule has 0 saturated carbocycles. The molecular weight excluding hydrogens is 226 g/mol. The highest BCUT2D eigenvalue weighted by atomic mass is 28.3. The van der Waals surface area contributed by atoms with E-state index in [-0.39, 0.29) is 0 Å². The van der Waals surface area contributed by atoms with Crippen molar-refractivity contribution in [3.05, 3.63) is 27.7 Å². The van der Waals surface area contributed by atoms with Crippen LogP contribution < -0.4 is 10.7 Å². The third kappa shape index (κ3) is 2.25. The maximum Gasteiger partial charge on any atom is 0.250 e. The summed E-state index contributed by atoms with van der Waals surface area (Å²) in [5.74, 6) is 0. The summed E-state index contributed by atoms with van der Waals surface area (Å²) in [7, 11) is -1.54. The minimum Gasteiger partial charge on any atom is -0.313 e. The van der Waals surface area contributed by atoms with Crippen molar-refractivity contribution in [3.63, 3.8) is 0 Å². The Balaban J connectivity index is 2.66. The van der Waals surface area contributed by atoms with E-state index in [9.17, 15) is 4.79 Å². The minimum absolute atomic E-state index is 0.322. The van der Waals surface area contributed by atoms with Gasteiger partial charge in [0.25, 0.3) is 0 Å². The molecule has 17 heavy (non-hydrogen) atoms. The largest absolute Gasteiger partial charge is 0.313 e. The van der Waals surface area contributed by atoms with Crippen LogP contribution in [0.5, 0.6) is 0 Å². The minimum atomic E-state index is -1.54. The van der Waals surface area contributed by atoms with Crippen LogP contribution in [0.4, 0.5) is 0 Å². The number of nitrogens with zero attached hydrogens (tertiary/aromatic N) is 1. The van der Waals surface area contributed by atoms with Crippen LogP contribution in [0.15, 0.2) is 10.9 Å². The van der Waals surface area contributed by atoms with Gasteiger partial charge in [0.1, 0.15) is 0 Å². The number of pyridine rings is 1. The van der Waals surface area contributed by atoms with Gasteiger partial charge in [0, 0.05) is 17.4 Å². The standard InChI is InChI=1S/C14H23NOSi/c1-5-7-11-10-12-8-6-9-15(12)14(16)13(11)17(2,3)4/h10H,5-9H2,1-4H3. The summed E-state index contributed by atoms with van der Waals surface area (Å²) in [6.45, 7) is 9.97. The topological polar surface area (TPSA) is 22.0 Å². The lowest BCUT2D eigenvalue weighted by atomic mass is 10.1. The molecule has 2 nitrogen and oxygen atoms in total. The van der Waals surface area contributed by atoms with E-state index in [4.69, 9.17) is 0 Å². The molecule has 0 unspecified atom stereocenters. The Hall–Kier alpha value is -0.833. The van der Waals surface area contributed by atoms with Crippen molar-refractivity contribution in [1.29, 1.82) is 0 Å². The first-order chi connectivity index (χ1) is 7.95. The first-order valence-corrected chi connectivity index (χ1v) is 10.2. The van der Waals surface area contributed by atoms with Crippen molar-refractivity contribution >= 4 is 13.3 Å². The fourth-order valence-electron chi connectivity index (χ4n) is 2.89. The molecule has 0 radical (unpaired) electrons. The third-order valence-electron chi connectivity index (χ3n) is 3.55. The predicted molar refractivity (Wildman–Crippen MR) is 76.0 cm³/mol. The van der Waals surface area contributed by atoms with Gasteiger partial charge in [-0.2, -0.15) is 0 Å². The van der Waals surface area contributed by atoms with E-state index in [1.807, 2.05) is 4.57 Å². The maximum absolute atomic E-state index is 12.6. The summed E-state index contributed by atoms with van der Waals surface area (Å²) in [5, 5.41) is 1.17. The number of hydrogen-bond acceptors (Lipinski definition) is 1. The average molecular weight is 249 g/mol. The highest BCUT2D eigenvalue weighted by molar-refractivity contribution is 6.88. The molecule has 1 aliphatic rings. The van der Waals surface area contributed by atoms with Crippen molar-refractivity contribution in [1.82, 2.24) is 4.57 Å². The van der Waals surface area contributed by atoms with E-state index in [0.29, 0.717) is 5.56 Å². The highest BCUT2D eigenvalue weighted by Gasteiger charge is 2.27. The molecule has 1 aliphatic heterocycles. The van der Waals surface area contributed by atoms with Crippen molar-refractivity contribution in [2.24, 2.45) is 0 Å². The van der Waals surface area contributed by atoms with Gasteiger partial charge >= 0.3 is 0 Å². The molecule has 0 amide bonds. The highest BCUT2D eigenvalue weighted by Crippen LogP contribution is 2.15. The first-order valence-electron chi connectivity index (χ1n) is 6.71. The van der Waals surface area contributed by atoms with Gasteiger partial charge in [-0.1, -0.05) is 33.0 Å². The second-order valence-electron chi connectivity index (χ2n) is 6.10. The number of aryl methyl sites for hydroxylation is 2. The van der Waals surface area contributed by atoms with Gasteiger partial charge in [0.2, 0.25) is 5.56 Å². The average Bonchev–Trinajstić information content (AvgIpc) is 2.64. The molecule has 1 aromatic rings. The second-order valence-corrected chi connectivity index (χ2v) is 11.1. The Morgan fingerprint density at radius 3 is 2.65 bits per heavy atom. The normalized spacial score (nSPS) is 15.1. The lowest BCUT2D eigenvalue weighted by Gasteiger charge is -2.22. The molecule has 3 heteroatoms. The van der Waals surface area contributed by atoms with E-state index in [1.54, 1.807) is 0 Å². The molecule has 0 fully saturated rings. The van der Waals surface area contributed by atoms with Gasteiger partial charge in [-0.15, -0.1) is 0 Å². The van der Waals surface area contributed by atoms with Crippen LogP contribution in [0.25, 0.3) is 0 Å². The second kappa shape index (κ2) is 4.45. The zero-order valence-electron chi connectivity index (χ0n) is 11.5. The number of rotatable bonds is 3. The Kier molecular flexibility index (Phi) is 3.30. The Morgan fingerprint density at radius 1 is 1.35 bits per heavy atom. The molecule has 2 rings (SSSR count). The lowest BCUT2D eigenvalue weighted by molar-refractivity contribution is 0.721. The van der Waals surface area contributed by atoms with Gasteiger partial charge in [-0.25, -0.2) is 0 Å². The number of hydrogen-bond donors (Lipinski definition) is 0. The van der Waals surface area contributed by atoms with Crippen LogP contribution in [-0.2, 0) is 19.4 Å². The fourth-order valence-corrected chi connectivity index (χ4v) is 4.83. The Labute approximate surface area is 105 Å². The van der Waals surface area contributed by atoms with Crippen molar-refractivity contribution in [2.75, 3.05) is 0 Å². The van der Waals surface area contributed by atoms with Crippen LogP contribution in [-0.4, -0.2) is 12.6 Å². The van der Waals surface area contributed by atoms with Gasteiger partial charge in [0.15, 0.2) is 0 Å². The van der Waals surface area contributed by atoms with E-state index >= 15 is 0 Å². The Morgan fingerprint density at radius 2 is 2.06 bits per heavy atom. The van der Waals surface area contributed by atoms with Crippen LogP contribution in [0, 0.1) is 0 Å². The van der Waals surface area contributed by atoms with Crippen LogP contribution in [0.1, 0.15) is 31.0 Å². The van der Waals surface area contributed by atoms with Crippen LogP contribution in [0.2, 0.25) is 19.6 Å². The van der Waals surface area contributed by atoms with Crippen molar-refractivity contribution < 1.29 is 0 Å². The fraction of sp³-hybridized carbons (Fsp3) is 0.643. The lowest BCUT2D eigenvalue weighted by Crippen LogP contribution is -2.52. The van der Waals surface area contributed by atoms with Crippen LogP contribution >= 0.6 is 0 Å². The SMILES string of the molecule is CCCc1cc2n(c(=O)c1[Si](C)(C)C)CCC2. The molecule has 0 N–H and O–H groups in total. The van der Waals surface area contributed by atoms with Gasteiger partial charge in [0.05, 0.1) is 8.07 Å². The molecule has 94 valence electrons. The van der Waals surface area contributed by atoms with Crippen molar-refractivity contribution in [3.8, 4) is 0 Å². The molecule has 1 aromatic heterocycles. The third-order valence-corrected chi connectivity index (χ3v) is 5.59. The summed E-state index contributed by atoms with van der Waals surface area (Å²) < 4.78 is 2.02. The molecule has 0 atom stereocenters. The monoisotopic (exact) mass is 249 g/mol. The van der Waals surface area contributed by atoms with Crippen LogP contribution in [0.3, 0.4) is 0 Å². The van der Waals surface area contributed by atoms with Gasteiger partial charge < -0.3 is 4.57 Å².